The van der Waals surface area contributed by atoms with Crippen molar-refractivity contribution >= 4 is 11.9 Å². The van der Waals surface area contributed by atoms with E-state index in [0.717, 1.165) is 0 Å². The SMILES string of the molecule is CNC(CCC(=O)N1CCOCC1)C(=O)O. The van der Waals surface area contributed by atoms with Crippen molar-refractivity contribution in [1.82, 2.24) is 10.2 Å². The Kier molecular flexibility index (Phi) is 5.21. The molecule has 6 nitrogen and oxygen atoms in total. The van der Waals surface area contributed by atoms with Crippen molar-refractivity contribution in [2.24, 2.45) is 0 Å². The van der Waals surface area contributed by atoms with Crippen LogP contribution in [0.2, 0.25) is 0 Å². The van der Waals surface area contributed by atoms with E-state index in [1.165, 1.54) is 0 Å². The number of aliphatic carboxylic acids is 1. The second-order valence-corrected chi connectivity index (χ2v) is 3.71. The molecular formula is C10H18N2O4. The fourth-order valence-corrected chi connectivity index (χ4v) is 1.63. The Balaban J connectivity index is 2.30. The van der Waals surface area contributed by atoms with Crippen LogP contribution in [-0.4, -0.2) is 61.3 Å². The first-order valence-corrected chi connectivity index (χ1v) is 5.40. The molecule has 1 unspecified atom stereocenters. The standard InChI is InChI=1S/C10H18N2O4/c1-11-8(10(14)15)2-3-9(13)12-4-6-16-7-5-12/h8,11H,2-7H2,1H3,(H,14,15). The molecule has 0 aromatic heterocycles. The van der Waals surface area contributed by atoms with Crippen LogP contribution in [0.4, 0.5) is 0 Å². The number of carbonyl (C=O) groups excluding carboxylic acids is 1. The summed E-state index contributed by atoms with van der Waals surface area (Å²) in [5.74, 6) is -0.915. The number of likely N-dealkylation sites (N-methyl/N-ethyl adjacent to an activating group) is 1. The average Bonchev–Trinajstić information content (AvgIpc) is 2.30. The van der Waals surface area contributed by atoms with Gasteiger partial charge in [-0.25, -0.2) is 0 Å². The lowest BCUT2D eigenvalue weighted by Crippen LogP contribution is -2.42. The number of carboxylic acid groups (broad SMARTS) is 1. The number of carbonyl (C=O) groups is 2. The maximum Gasteiger partial charge on any atom is 0.320 e. The van der Waals surface area contributed by atoms with Gasteiger partial charge >= 0.3 is 5.97 Å². The fraction of sp³-hybridized carbons (Fsp3) is 0.800. The zero-order valence-corrected chi connectivity index (χ0v) is 9.44. The van der Waals surface area contributed by atoms with Crippen LogP contribution in [0.25, 0.3) is 0 Å². The van der Waals surface area contributed by atoms with E-state index in [0.29, 0.717) is 32.7 Å². The fourth-order valence-electron chi connectivity index (χ4n) is 1.63. The third-order valence-corrected chi connectivity index (χ3v) is 2.66. The molecule has 0 bridgehead atoms. The Morgan fingerprint density at radius 3 is 2.56 bits per heavy atom. The van der Waals surface area contributed by atoms with Gasteiger partial charge in [-0.3, -0.25) is 9.59 Å². The van der Waals surface area contributed by atoms with E-state index in [1.54, 1.807) is 11.9 Å². The lowest BCUT2D eigenvalue weighted by molar-refractivity contribution is -0.140. The number of hydrogen-bond donors (Lipinski definition) is 2. The molecule has 1 heterocycles. The molecule has 92 valence electrons. The highest BCUT2D eigenvalue weighted by atomic mass is 16.5. The van der Waals surface area contributed by atoms with Crippen LogP contribution in [0.3, 0.4) is 0 Å². The molecule has 0 radical (unpaired) electrons. The summed E-state index contributed by atoms with van der Waals surface area (Å²) in [6.45, 7) is 2.35. The minimum atomic E-state index is -0.919. The van der Waals surface area contributed by atoms with Crippen LogP contribution in [0, 0.1) is 0 Å². The third-order valence-electron chi connectivity index (χ3n) is 2.66. The molecule has 1 fully saturated rings. The van der Waals surface area contributed by atoms with Crippen molar-refractivity contribution in [2.75, 3.05) is 33.4 Å². The zero-order chi connectivity index (χ0) is 12.0. The van der Waals surface area contributed by atoms with Crippen LogP contribution >= 0.6 is 0 Å². The van der Waals surface area contributed by atoms with Gasteiger partial charge in [-0.2, -0.15) is 0 Å². The minimum Gasteiger partial charge on any atom is -0.480 e. The summed E-state index contributed by atoms with van der Waals surface area (Å²) in [5, 5.41) is 11.5. The molecule has 6 heteroatoms. The number of hydrogen-bond acceptors (Lipinski definition) is 4. The summed E-state index contributed by atoms with van der Waals surface area (Å²) < 4.78 is 5.13. The Morgan fingerprint density at radius 2 is 2.06 bits per heavy atom. The monoisotopic (exact) mass is 230 g/mol. The van der Waals surface area contributed by atoms with Crippen LogP contribution < -0.4 is 5.32 Å². The van der Waals surface area contributed by atoms with E-state index in [2.05, 4.69) is 5.32 Å². The molecule has 16 heavy (non-hydrogen) atoms. The predicted octanol–water partition coefficient (Wildman–Crippen LogP) is -0.702. The van der Waals surface area contributed by atoms with Crippen LogP contribution in [0.1, 0.15) is 12.8 Å². The maximum absolute atomic E-state index is 11.7. The summed E-state index contributed by atoms with van der Waals surface area (Å²) in [4.78, 5) is 24.1. The Bertz CT molecular complexity index is 251. The molecule has 0 saturated carbocycles. The number of carboxylic acids is 1. The number of nitrogens with zero attached hydrogens (tertiary/aromatic N) is 1. The Hall–Kier alpha value is -1.14. The van der Waals surface area contributed by atoms with Crippen LogP contribution in [-0.2, 0) is 14.3 Å². The lowest BCUT2D eigenvalue weighted by atomic mass is 10.1. The normalized spacial score (nSPS) is 18.2. The summed E-state index contributed by atoms with van der Waals surface area (Å²) >= 11 is 0. The first-order chi connectivity index (χ1) is 7.65. The number of morpholine rings is 1. The Labute approximate surface area is 94.6 Å². The van der Waals surface area contributed by atoms with Crippen molar-refractivity contribution in [3.05, 3.63) is 0 Å². The van der Waals surface area contributed by atoms with Gasteiger partial charge in [0.05, 0.1) is 13.2 Å². The molecule has 0 aromatic carbocycles. The average molecular weight is 230 g/mol. The van der Waals surface area contributed by atoms with E-state index in [1.807, 2.05) is 0 Å². The largest absolute Gasteiger partial charge is 0.480 e. The highest BCUT2D eigenvalue weighted by molar-refractivity contribution is 5.78. The first-order valence-electron chi connectivity index (χ1n) is 5.40. The lowest BCUT2D eigenvalue weighted by Gasteiger charge is -2.27. The summed E-state index contributed by atoms with van der Waals surface area (Å²) in [6.07, 6.45) is 0.583. The zero-order valence-electron chi connectivity index (χ0n) is 9.44. The highest BCUT2D eigenvalue weighted by Crippen LogP contribution is 2.04. The van der Waals surface area contributed by atoms with Gasteiger partial charge in [0, 0.05) is 19.5 Å². The molecule has 1 aliphatic rings. The third kappa shape index (κ3) is 3.79. The number of rotatable bonds is 5. The van der Waals surface area contributed by atoms with E-state index in [9.17, 15) is 9.59 Å². The molecule has 0 spiro atoms. The highest BCUT2D eigenvalue weighted by Gasteiger charge is 2.20. The smallest absolute Gasteiger partial charge is 0.320 e. The molecule has 1 saturated heterocycles. The summed E-state index contributed by atoms with van der Waals surface area (Å²) in [5.41, 5.74) is 0. The van der Waals surface area contributed by atoms with E-state index >= 15 is 0 Å². The molecule has 0 aromatic rings. The number of amides is 1. The van der Waals surface area contributed by atoms with Crippen LogP contribution in [0.15, 0.2) is 0 Å². The number of ether oxygens (including phenoxy) is 1. The van der Waals surface area contributed by atoms with Crippen molar-refractivity contribution in [2.45, 2.75) is 18.9 Å². The molecule has 0 aliphatic carbocycles. The second-order valence-electron chi connectivity index (χ2n) is 3.71. The Morgan fingerprint density at radius 1 is 1.44 bits per heavy atom. The van der Waals surface area contributed by atoms with Crippen LogP contribution in [0.5, 0.6) is 0 Å². The minimum absolute atomic E-state index is 0.00444. The van der Waals surface area contributed by atoms with Crippen molar-refractivity contribution in [1.29, 1.82) is 0 Å². The molecule has 1 atom stereocenters. The van der Waals surface area contributed by atoms with Gasteiger partial charge in [0.1, 0.15) is 6.04 Å². The van der Waals surface area contributed by atoms with Gasteiger partial charge in [-0.05, 0) is 13.5 Å². The van der Waals surface area contributed by atoms with E-state index < -0.39 is 12.0 Å². The molecule has 1 rings (SSSR count). The van der Waals surface area contributed by atoms with Crippen molar-refractivity contribution in [3.63, 3.8) is 0 Å². The van der Waals surface area contributed by atoms with Gasteiger partial charge < -0.3 is 20.1 Å². The van der Waals surface area contributed by atoms with Gasteiger partial charge in [-0.1, -0.05) is 0 Å². The van der Waals surface area contributed by atoms with Gasteiger partial charge in [0.25, 0.3) is 0 Å². The van der Waals surface area contributed by atoms with Gasteiger partial charge in [-0.15, -0.1) is 0 Å². The maximum atomic E-state index is 11.7. The van der Waals surface area contributed by atoms with E-state index in [4.69, 9.17) is 9.84 Å². The summed E-state index contributed by atoms with van der Waals surface area (Å²) in [7, 11) is 1.58. The summed E-state index contributed by atoms with van der Waals surface area (Å²) in [6, 6.07) is -0.648. The molecule has 2 N–H and O–H groups in total. The topological polar surface area (TPSA) is 78.9 Å². The molecule has 1 amide bonds. The second kappa shape index (κ2) is 6.44. The van der Waals surface area contributed by atoms with E-state index in [-0.39, 0.29) is 12.3 Å². The quantitative estimate of drug-likeness (QED) is 0.653. The predicted molar refractivity (Wildman–Crippen MR) is 57.1 cm³/mol. The van der Waals surface area contributed by atoms with Crippen molar-refractivity contribution in [3.8, 4) is 0 Å². The first kappa shape index (κ1) is 12.9. The van der Waals surface area contributed by atoms with Gasteiger partial charge in [0.2, 0.25) is 5.91 Å². The van der Waals surface area contributed by atoms with Crippen molar-refractivity contribution < 1.29 is 19.4 Å². The molecular weight excluding hydrogens is 212 g/mol. The van der Waals surface area contributed by atoms with Gasteiger partial charge in [0.15, 0.2) is 0 Å². The number of nitrogens with one attached hydrogen (secondary N) is 1. The molecule has 1 aliphatic heterocycles.